The first kappa shape index (κ1) is 13.5. The number of carbonyl (C=O) groups excluding carboxylic acids is 1. The lowest BCUT2D eigenvalue weighted by Crippen LogP contribution is -2.28. The molecule has 1 aliphatic heterocycles. The van der Waals surface area contributed by atoms with Gasteiger partial charge >= 0.3 is 0 Å². The molecule has 1 aromatic heterocycles. The fraction of sp³-hybridized carbons (Fsp3) is 0.231. The van der Waals surface area contributed by atoms with Crippen molar-refractivity contribution < 1.29 is 9.18 Å². The van der Waals surface area contributed by atoms with E-state index < -0.39 is 5.82 Å². The topological polar surface area (TPSA) is 49.0 Å². The standard InChI is InChI=1S/C13H11ClFN3OS/c1-7-4-11(17-16-7)18-12(19)6-20-13(18)8-2-3-10(15)9(14)5-8/h2-5,13H,6H2,1H3,(H,16,17). The lowest BCUT2D eigenvalue weighted by molar-refractivity contribution is -0.115. The second-order valence-electron chi connectivity index (χ2n) is 4.51. The van der Waals surface area contributed by atoms with Gasteiger partial charge in [-0.2, -0.15) is 5.10 Å². The molecule has 0 aliphatic carbocycles. The molecule has 1 amide bonds. The number of benzene rings is 1. The van der Waals surface area contributed by atoms with Crippen LogP contribution in [0.25, 0.3) is 0 Å². The van der Waals surface area contributed by atoms with Gasteiger partial charge in [0.1, 0.15) is 11.2 Å². The highest BCUT2D eigenvalue weighted by Crippen LogP contribution is 2.41. The molecular weight excluding hydrogens is 301 g/mol. The Kier molecular flexibility index (Phi) is 3.43. The summed E-state index contributed by atoms with van der Waals surface area (Å²) in [6, 6.07) is 6.32. The molecule has 4 nitrogen and oxygen atoms in total. The van der Waals surface area contributed by atoms with Gasteiger partial charge in [0.05, 0.1) is 10.8 Å². The summed E-state index contributed by atoms with van der Waals surface area (Å²) in [5.74, 6) is 0.452. The van der Waals surface area contributed by atoms with E-state index in [0.717, 1.165) is 11.3 Å². The van der Waals surface area contributed by atoms with Crippen LogP contribution in [0, 0.1) is 12.7 Å². The third kappa shape index (κ3) is 2.29. The van der Waals surface area contributed by atoms with E-state index in [2.05, 4.69) is 10.2 Å². The van der Waals surface area contributed by atoms with Gasteiger partial charge in [-0.3, -0.25) is 14.8 Å². The molecule has 1 N–H and O–H groups in total. The molecule has 1 atom stereocenters. The number of carbonyl (C=O) groups is 1. The normalized spacial score (nSPS) is 18.9. The Morgan fingerprint density at radius 1 is 1.50 bits per heavy atom. The Hall–Kier alpha value is -1.53. The number of aromatic amines is 1. The van der Waals surface area contributed by atoms with Crippen molar-refractivity contribution in [3.63, 3.8) is 0 Å². The van der Waals surface area contributed by atoms with Crippen LogP contribution in [0.3, 0.4) is 0 Å². The van der Waals surface area contributed by atoms with E-state index >= 15 is 0 Å². The molecule has 0 bridgehead atoms. The summed E-state index contributed by atoms with van der Waals surface area (Å²) in [6.45, 7) is 1.87. The molecule has 0 spiro atoms. The van der Waals surface area contributed by atoms with Crippen molar-refractivity contribution in [2.45, 2.75) is 12.3 Å². The van der Waals surface area contributed by atoms with Crippen LogP contribution < -0.4 is 4.90 Å². The molecule has 1 aromatic carbocycles. The van der Waals surface area contributed by atoms with Crippen LogP contribution in [0.5, 0.6) is 0 Å². The Bertz CT molecular complexity index is 675. The minimum absolute atomic E-state index is 0.0213. The second-order valence-corrected chi connectivity index (χ2v) is 5.99. The Morgan fingerprint density at radius 3 is 2.95 bits per heavy atom. The summed E-state index contributed by atoms with van der Waals surface area (Å²) in [6.07, 6.45) is 0. The molecule has 2 heterocycles. The number of hydrogen-bond acceptors (Lipinski definition) is 3. The average Bonchev–Trinajstić information content (AvgIpc) is 2.99. The van der Waals surface area contributed by atoms with Crippen LogP contribution in [-0.4, -0.2) is 21.9 Å². The van der Waals surface area contributed by atoms with Crippen LogP contribution in [0.1, 0.15) is 16.6 Å². The summed E-state index contributed by atoms with van der Waals surface area (Å²) in [5, 5.41) is 6.77. The number of halogens is 2. The number of nitrogens with one attached hydrogen (secondary N) is 1. The molecular formula is C13H11ClFN3OS. The Labute approximate surface area is 124 Å². The number of thioether (sulfide) groups is 1. The SMILES string of the molecule is Cc1cc(N2C(=O)CSC2c2ccc(F)c(Cl)c2)n[nH]1. The molecule has 20 heavy (non-hydrogen) atoms. The maximum absolute atomic E-state index is 13.2. The Balaban J connectivity index is 1.99. The summed E-state index contributed by atoms with van der Waals surface area (Å²) < 4.78 is 13.2. The van der Waals surface area contributed by atoms with E-state index in [1.54, 1.807) is 17.0 Å². The van der Waals surface area contributed by atoms with E-state index in [9.17, 15) is 9.18 Å². The predicted octanol–water partition coefficient (Wildman–Crippen LogP) is 3.29. The number of nitrogens with zero attached hydrogens (tertiary/aromatic N) is 2. The molecule has 0 radical (unpaired) electrons. The van der Waals surface area contributed by atoms with E-state index in [1.807, 2.05) is 13.0 Å². The van der Waals surface area contributed by atoms with Crippen LogP contribution in [0.4, 0.5) is 10.2 Å². The van der Waals surface area contributed by atoms with Gasteiger partial charge in [0.15, 0.2) is 5.82 Å². The van der Waals surface area contributed by atoms with Crippen LogP contribution in [0.15, 0.2) is 24.3 Å². The quantitative estimate of drug-likeness (QED) is 0.926. The van der Waals surface area contributed by atoms with Crippen LogP contribution >= 0.6 is 23.4 Å². The van der Waals surface area contributed by atoms with E-state index in [1.165, 1.54) is 17.8 Å². The van der Waals surface area contributed by atoms with Gasteiger partial charge in [-0.25, -0.2) is 4.39 Å². The fourth-order valence-corrected chi connectivity index (χ4v) is 3.45. The molecule has 7 heteroatoms. The number of aryl methyl sites for hydroxylation is 1. The third-order valence-electron chi connectivity index (χ3n) is 3.04. The van der Waals surface area contributed by atoms with Crippen molar-refractivity contribution in [1.82, 2.24) is 10.2 Å². The minimum Gasteiger partial charge on any atom is -0.281 e. The van der Waals surface area contributed by atoms with Crippen molar-refractivity contribution in [3.05, 3.63) is 46.4 Å². The summed E-state index contributed by atoms with van der Waals surface area (Å²) >= 11 is 7.29. The smallest absolute Gasteiger partial charge is 0.239 e. The van der Waals surface area contributed by atoms with Gasteiger partial charge in [-0.1, -0.05) is 17.7 Å². The predicted molar refractivity (Wildman–Crippen MR) is 77.4 cm³/mol. The van der Waals surface area contributed by atoms with Gasteiger partial charge in [0.25, 0.3) is 0 Å². The average molecular weight is 312 g/mol. The molecule has 3 rings (SSSR count). The Morgan fingerprint density at radius 2 is 2.30 bits per heavy atom. The highest BCUT2D eigenvalue weighted by atomic mass is 35.5. The van der Waals surface area contributed by atoms with Gasteiger partial charge in [-0.05, 0) is 24.6 Å². The second kappa shape index (κ2) is 5.10. The number of amides is 1. The van der Waals surface area contributed by atoms with Crippen molar-refractivity contribution in [3.8, 4) is 0 Å². The highest BCUT2D eigenvalue weighted by Gasteiger charge is 2.35. The maximum Gasteiger partial charge on any atom is 0.239 e. The zero-order valence-corrected chi connectivity index (χ0v) is 12.1. The lowest BCUT2D eigenvalue weighted by atomic mass is 10.2. The van der Waals surface area contributed by atoms with E-state index in [4.69, 9.17) is 11.6 Å². The maximum atomic E-state index is 13.2. The highest BCUT2D eigenvalue weighted by molar-refractivity contribution is 8.00. The van der Waals surface area contributed by atoms with Crippen molar-refractivity contribution >= 4 is 35.1 Å². The van der Waals surface area contributed by atoms with Gasteiger partial charge < -0.3 is 0 Å². The van der Waals surface area contributed by atoms with Crippen molar-refractivity contribution in [2.75, 3.05) is 10.7 Å². The van der Waals surface area contributed by atoms with Crippen molar-refractivity contribution in [2.24, 2.45) is 0 Å². The number of hydrogen-bond donors (Lipinski definition) is 1. The first-order valence-corrected chi connectivity index (χ1v) is 7.39. The number of H-pyrrole nitrogens is 1. The summed E-state index contributed by atoms with van der Waals surface area (Å²) in [4.78, 5) is 13.7. The fourth-order valence-electron chi connectivity index (χ4n) is 2.11. The molecule has 2 aromatic rings. The molecule has 1 unspecified atom stereocenters. The number of rotatable bonds is 2. The molecule has 1 aliphatic rings. The van der Waals surface area contributed by atoms with Crippen molar-refractivity contribution in [1.29, 1.82) is 0 Å². The first-order chi connectivity index (χ1) is 9.56. The lowest BCUT2D eigenvalue weighted by Gasteiger charge is -2.22. The largest absolute Gasteiger partial charge is 0.281 e. The van der Waals surface area contributed by atoms with Crippen LogP contribution in [0.2, 0.25) is 5.02 Å². The number of aromatic nitrogens is 2. The van der Waals surface area contributed by atoms with E-state index in [0.29, 0.717) is 11.6 Å². The first-order valence-electron chi connectivity index (χ1n) is 5.97. The summed E-state index contributed by atoms with van der Waals surface area (Å²) in [5.41, 5.74) is 1.66. The molecule has 1 saturated heterocycles. The van der Waals surface area contributed by atoms with E-state index in [-0.39, 0.29) is 16.3 Å². The summed E-state index contributed by atoms with van der Waals surface area (Å²) in [7, 11) is 0. The molecule has 104 valence electrons. The minimum atomic E-state index is -0.466. The zero-order chi connectivity index (χ0) is 14.3. The molecule has 1 fully saturated rings. The van der Waals surface area contributed by atoms with Gasteiger partial charge in [0, 0.05) is 11.8 Å². The van der Waals surface area contributed by atoms with Gasteiger partial charge in [-0.15, -0.1) is 11.8 Å². The van der Waals surface area contributed by atoms with Gasteiger partial charge in [0.2, 0.25) is 5.91 Å². The third-order valence-corrected chi connectivity index (χ3v) is 4.54. The number of anilines is 1. The molecule has 0 saturated carbocycles. The monoisotopic (exact) mass is 311 g/mol. The zero-order valence-electron chi connectivity index (χ0n) is 10.6. The van der Waals surface area contributed by atoms with Crippen LogP contribution in [-0.2, 0) is 4.79 Å².